The van der Waals surface area contributed by atoms with E-state index in [1.807, 2.05) is 0 Å². The third kappa shape index (κ3) is 2.38. The number of nitro benzene ring substituents is 1. The molecule has 0 aliphatic heterocycles. The highest BCUT2D eigenvalue weighted by atomic mass is 79.9. The molecule has 102 valence electrons. The largest absolute Gasteiger partial charge is 0.342 e. The van der Waals surface area contributed by atoms with E-state index in [2.05, 4.69) is 25.9 Å². The van der Waals surface area contributed by atoms with Gasteiger partial charge in [-0.2, -0.15) is 0 Å². The summed E-state index contributed by atoms with van der Waals surface area (Å²) in [5.74, 6) is 0.892. The van der Waals surface area contributed by atoms with Gasteiger partial charge in [0.15, 0.2) is 0 Å². The van der Waals surface area contributed by atoms with Crippen LogP contribution >= 0.6 is 28.1 Å². The summed E-state index contributed by atoms with van der Waals surface area (Å²) in [5, 5.41) is 11.1. The molecule has 1 fully saturated rings. The van der Waals surface area contributed by atoms with Crippen LogP contribution in [0.3, 0.4) is 0 Å². The van der Waals surface area contributed by atoms with Crippen molar-refractivity contribution in [3.05, 3.63) is 49.2 Å². The molecule has 0 saturated heterocycles. The Balaban J connectivity index is 2.20. The number of aromatic amines is 1. The van der Waals surface area contributed by atoms with Gasteiger partial charge >= 0.3 is 0 Å². The molecule has 3 rings (SSSR count). The molecule has 0 radical (unpaired) electrons. The van der Waals surface area contributed by atoms with E-state index in [1.54, 1.807) is 18.2 Å². The van der Waals surface area contributed by atoms with Gasteiger partial charge in [-0.25, -0.2) is 4.98 Å². The lowest BCUT2D eigenvalue weighted by molar-refractivity contribution is -0.384. The Hall–Kier alpha value is -1.60. The predicted octanol–water partition coefficient (Wildman–Crippen LogP) is 4.35. The summed E-state index contributed by atoms with van der Waals surface area (Å²) < 4.78 is 1.22. The van der Waals surface area contributed by atoms with Gasteiger partial charge in [-0.05, 0) is 34.8 Å². The van der Waals surface area contributed by atoms with E-state index in [-0.39, 0.29) is 5.69 Å². The lowest BCUT2D eigenvalue weighted by atomic mass is 10.1. The van der Waals surface area contributed by atoms with Crippen LogP contribution in [0.4, 0.5) is 5.69 Å². The molecule has 1 aliphatic carbocycles. The van der Waals surface area contributed by atoms with E-state index in [9.17, 15) is 10.1 Å². The van der Waals surface area contributed by atoms with Crippen LogP contribution in [0.25, 0.3) is 11.4 Å². The Morgan fingerprint density at radius 3 is 2.75 bits per heavy atom. The van der Waals surface area contributed by atoms with Crippen LogP contribution in [0.1, 0.15) is 24.5 Å². The molecule has 0 amide bonds. The minimum atomic E-state index is -0.410. The average Bonchev–Trinajstić information content (AvgIpc) is 3.26. The maximum atomic E-state index is 11.1. The van der Waals surface area contributed by atoms with Crippen molar-refractivity contribution in [1.82, 2.24) is 9.97 Å². The molecule has 7 heteroatoms. The molecule has 1 heterocycles. The molecule has 1 aliphatic rings. The zero-order valence-electron chi connectivity index (χ0n) is 10.3. The van der Waals surface area contributed by atoms with Crippen LogP contribution in [-0.2, 0) is 0 Å². The van der Waals surface area contributed by atoms with Crippen molar-refractivity contribution in [2.75, 3.05) is 0 Å². The van der Waals surface area contributed by atoms with Gasteiger partial charge < -0.3 is 4.98 Å². The average molecular weight is 352 g/mol. The van der Waals surface area contributed by atoms with E-state index in [4.69, 9.17) is 12.2 Å². The Bertz CT molecular complexity index is 756. The van der Waals surface area contributed by atoms with Crippen LogP contribution in [0.15, 0.2) is 28.7 Å². The topological polar surface area (TPSA) is 71.8 Å². The Morgan fingerprint density at radius 1 is 1.40 bits per heavy atom. The number of nitrogens with one attached hydrogen (secondary N) is 1. The molecular weight excluding hydrogens is 342 g/mol. The van der Waals surface area contributed by atoms with E-state index >= 15 is 0 Å². The monoisotopic (exact) mass is 351 g/mol. The second-order valence-electron chi connectivity index (χ2n) is 4.67. The highest BCUT2D eigenvalue weighted by molar-refractivity contribution is 9.10. The fraction of sp³-hybridized carbons (Fsp3) is 0.231. The van der Waals surface area contributed by atoms with Crippen LogP contribution < -0.4 is 0 Å². The number of hydrogen-bond acceptors (Lipinski definition) is 4. The minimum Gasteiger partial charge on any atom is -0.342 e. The van der Waals surface area contributed by atoms with Crippen molar-refractivity contribution in [3.63, 3.8) is 0 Å². The summed E-state index contributed by atoms with van der Waals surface area (Å²) in [6.45, 7) is 0. The van der Waals surface area contributed by atoms with Crippen LogP contribution in [0.2, 0.25) is 0 Å². The smallest absolute Gasteiger partial charge is 0.280 e. The normalized spacial score (nSPS) is 14.2. The first-order valence-electron chi connectivity index (χ1n) is 6.11. The summed E-state index contributed by atoms with van der Waals surface area (Å²) in [6.07, 6.45) is 2.20. The molecule has 20 heavy (non-hydrogen) atoms. The van der Waals surface area contributed by atoms with Gasteiger partial charge in [0.05, 0.1) is 15.0 Å². The second-order valence-corrected chi connectivity index (χ2v) is 5.85. The molecule has 1 aromatic heterocycles. The minimum absolute atomic E-state index is 0.0229. The van der Waals surface area contributed by atoms with Crippen molar-refractivity contribution in [2.45, 2.75) is 18.8 Å². The van der Waals surface area contributed by atoms with E-state index in [1.165, 1.54) is 6.07 Å². The molecule has 5 nitrogen and oxygen atoms in total. The van der Waals surface area contributed by atoms with Gasteiger partial charge in [0, 0.05) is 17.7 Å². The number of halogens is 1. The molecule has 0 unspecified atom stereocenters. The molecule has 0 atom stereocenters. The van der Waals surface area contributed by atoms with Crippen LogP contribution in [0.5, 0.6) is 0 Å². The maximum Gasteiger partial charge on any atom is 0.280 e. The fourth-order valence-electron chi connectivity index (χ4n) is 2.09. The van der Waals surface area contributed by atoms with Crippen molar-refractivity contribution < 1.29 is 4.92 Å². The molecular formula is C13H10BrN3O2S. The van der Waals surface area contributed by atoms with E-state index in [0.717, 1.165) is 23.0 Å². The van der Waals surface area contributed by atoms with Gasteiger partial charge in [0.25, 0.3) is 5.69 Å². The van der Waals surface area contributed by atoms with Gasteiger partial charge in [-0.15, -0.1) is 0 Å². The Kier molecular flexibility index (Phi) is 3.39. The second kappa shape index (κ2) is 5.06. The molecule has 0 bridgehead atoms. The van der Waals surface area contributed by atoms with Crippen molar-refractivity contribution in [1.29, 1.82) is 0 Å². The van der Waals surface area contributed by atoms with E-state index < -0.39 is 4.92 Å². The molecule has 0 spiro atoms. The summed E-state index contributed by atoms with van der Waals surface area (Å²) in [6, 6.07) is 6.53. The Morgan fingerprint density at radius 2 is 2.10 bits per heavy atom. The van der Waals surface area contributed by atoms with Crippen LogP contribution in [0, 0.1) is 14.8 Å². The molecule has 1 saturated carbocycles. The first-order chi connectivity index (χ1) is 9.58. The number of benzene rings is 1. The quantitative estimate of drug-likeness (QED) is 0.506. The van der Waals surface area contributed by atoms with Gasteiger partial charge in [-0.3, -0.25) is 10.1 Å². The SMILES string of the molecule is O=[N+]([O-])c1ccccc1-c1nc(=S)c(Br)c(C2CC2)[nH]1. The third-order valence-corrected chi connectivity index (χ3v) is 4.59. The number of nitro groups is 1. The fourth-order valence-corrected chi connectivity index (χ4v) is 2.80. The molecule has 1 N–H and O–H groups in total. The number of rotatable bonds is 3. The van der Waals surface area contributed by atoms with Crippen molar-refractivity contribution in [3.8, 4) is 11.4 Å². The summed E-state index contributed by atoms with van der Waals surface area (Å²) in [4.78, 5) is 18.2. The summed E-state index contributed by atoms with van der Waals surface area (Å²) in [5.41, 5.74) is 1.46. The standard InChI is InChI=1S/C13H10BrN3O2S/c14-10-11(7-5-6-7)15-12(16-13(10)20)8-3-1-2-4-9(8)17(18)19/h1-4,7H,5-6H2,(H,15,16,20). The lowest BCUT2D eigenvalue weighted by Gasteiger charge is -2.08. The zero-order valence-corrected chi connectivity index (χ0v) is 12.7. The number of aromatic nitrogens is 2. The summed E-state index contributed by atoms with van der Waals surface area (Å²) in [7, 11) is 0. The van der Waals surface area contributed by atoms with Gasteiger partial charge in [0.1, 0.15) is 10.5 Å². The predicted molar refractivity (Wildman–Crippen MR) is 81.2 cm³/mol. The van der Waals surface area contributed by atoms with Gasteiger partial charge in [0.2, 0.25) is 0 Å². The molecule has 2 aromatic rings. The Labute approximate surface area is 128 Å². The summed E-state index contributed by atoms with van der Waals surface area (Å²) >= 11 is 8.68. The third-order valence-electron chi connectivity index (χ3n) is 3.23. The number of nitrogens with zero attached hydrogens (tertiary/aromatic N) is 2. The molecule has 1 aromatic carbocycles. The maximum absolute atomic E-state index is 11.1. The zero-order chi connectivity index (χ0) is 14.3. The lowest BCUT2D eigenvalue weighted by Crippen LogP contribution is -1.99. The van der Waals surface area contributed by atoms with Crippen molar-refractivity contribution in [2.24, 2.45) is 0 Å². The first-order valence-corrected chi connectivity index (χ1v) is 7.31. The van der Waals surface area contributed by atoms with Crippen LogP contribution in [-0.4, -0.2) is 14.9 Å². The first kappa shape index (κ1) is 13.4. The number of H-pyrrole nitrogens is 1. The van der Waals surface area contributed by atoms with Gasteiger partial charge in [-0.1, -0.05) is 24.4 Å². The highest BCUT2D eigenvalue weighted by Crippen LogP contribution is 2.43. The number of hydrogen-bond donors (Lipinski definition) is 1. The highest BCUT2D eigenvalue weighted by Gasteiger charge is 2.28. The van der Waals surface area contributed by atoms with Crippen molar-refractivity contribution >= 4 is 33.8 Å². The van der Waals surface area contributed by atoms with E-state index in [0.29, 0.717) is 21.9 Å². The number of para-hydroxylation sites is 1.